The van der Waals surface area contributed by atoms with Crippen molar-refractivity contribution in [2.45, 2.75) is 20.0 Å². The molecule has 0 bridgehead atoms. The van der Waals surface area contributed by atoms with Crippen molar-refractivity contribution in [3.8, 4) is 0 Å². The van der Waals surface area contributed by atoms with Crippen molar-refractivity contribution in [3.63, 3.8) is 0 Å². The number of hydrogen-bond donors (Lipinski definition) is 1. The van der Waals surface area contributed by atoms with Gasteiger partial charge in [-0.1, -0.05) is 36.8 Å². The van der Waals surface area contributed by atoms with E-state index in [9.17, 15) is 17.6 Å². The zero-order valence-electron chi connectivity index (χ0n) is 12.4. The van der Waals surface area contributed by atoms with Gasteiger partial charge in [0, 0.05) is 6.54 Å². The number of halogens is 4. The van der Waals surface area contributed by atoms with Gasteiger partial charge in [0.2, 0.25) is 0 Å². The lowest BCUT2D eigenvalue weighted by Gasteiger charge is -2.05. The van der Waals surface area contributed by atoms with E-state index >= 15 is 0 Å². The fourth-order valence-corrected chi connectivity index (χ4v) is 1.23. The van der Waals surface area contributed by atoms with Crippen LogP contribution in [0.4, 0.5) is 17.6 Å². The number of alkyl halides is 4. The summed E-state index contributed by atoms with van der Waals surface area (Å²) < 4.78 is 45.4. The molecular weight excluding hydrogens is 270 g/mol. The van der Waals surface area contributed by atoms with Gasteiger partial charge >= 0.3 is 6.18 Å². The van der Waals surface area contributed by atoms with Gasteiger partial charge in [-0.15, -0.1) is 6.58 Å². The van der Waals surface area contributed by atoms with E-state index in [1.54, 1.807) is 13.0 Å². The van der Waals surface area contributed by atoms with E-state index in [2.05, 4.69) is 18.8 Å². The molecule has 0 fully saturated rings. The third-order valence-corrected chi connectivity index (χ3v) is 2.27. The zero-order valence-corrected chi connectivity index (χ0v) is 12.4. The topological polar surface area (TPSA) is 12.0 Å². The minimum atomic E-state index is -4.22. The number of benzene rings is 1. The Morgan fingerprint density at radius 3 is 2.10 bits per heavy atom. The van der Waals surface area contributed by atoms with Gasteiger partial charge in [-0.25, -0.2) is 0 Å². The number of nitrogens with one attached hydrogen (secondary N) is 1. The maximum atomic E-state index is 12.0. The predicted octanol–water partition coefficient (Wildman–Crippen LogP) is 4.63. The Morgan fingerprint density at radius 1 is 1.30 bits per heavy atom. The average Bonchev–Trinajstić information content (AvgIpc) is 2.41. The highest BCUT2D eigenvalue weighted by Gasteiger charge is 2.29. The molecule has 116 valence electrons. The van der Waals surface area contributed by atoms with Crippen LogP contribution in [-0.4, -0.2) is 20.8 Å². The fraction of sp³-hybridized carbons (Fsp3) is 0.467. The standard InChI is InChI=1S/C8H7F3.C6H13N.CH3F/c1-6-3-2-4-7(5-6)8(9,10)11;1-4-6(2)5-7-3;1-2/h2-5H,1H3;4,6-7H,1,5H2,2-3H3;1H3. The summed E-state index contributed by atoms with van der Waals surface area (Å²) in [7, 11) is 2.44. The smallest absolute Gasteiger partial charge is 0.319 e. The Labute approximate surface area is 118 Å². The van der Waals surface area contributed by atoms with Crippen LogP contribution in [-0.2, 0) is 6.18 Å². The molecule has 0 aliphatic rings. The monoisotopic (exact) mass is 293 g/mol. The van der Waals surface area contributed by atoms with Crippen molar-refractivity contribution < 1.29 is 17.6 Å². The molecule has 0 amide bonds. The second-order valence-corrected chi connectivity index (χ2v) is 4.14. The Morgan fingerprint density at radius 2 is 1.85 bits per heavy atom. The first kappa shape index (κ1) is 20.9. The molecule has 5 heteroatoms. The number of rotatable bonds is 3. The lowest BCUT2D eigenvalue weighted by atomic mass is 10.1. The van der Waals surface area contributed by atoms with Crippen LogP contribution in [0.15, 0.2) is 36.9 Å². The van der Waals surface area contributed by atoms with Gasteiger partial charge in [0.15, 0.2) is 0 Å². The third kappa shape index (κ3) is 10.6. The number of aryl methyl sites for hydroxylation is 1. The summed E-state index contributed by atoms with van der Waals surface area (Å²) in [6.45, 7) is 8.43. The molecule has 1 atom stereocenters. The maximum Gasteiger partial charge on any atom is 0.416 e. The summed E-state index contributed by atoms with van der Waals surface area (Å²) >= 11 is 0. The van der Waals surface area contributed by atoms with Crippen LogP contribution < -0.4 is 5.32 Å². The molecule has 0 aliphatic heterocycles. The molecule has 1 aromatic carbocycles. The van der Waals surface area contributed by atoms with Gasteiger partial charge in [-0.2, -0.15) is 13.2 Å². The van der Waals surface area contributed by atoms with Gasteiger partial charge in [0.25, 0.3) is 0 Å². The minimum absolute atomic E-state index is 0.500. The van der Waals surface area contributed by atoms with E-state index in [-0.39, 0.29) is 0 Å². The summed E-state index contributed by atoms with van der Waals surface area (Å²) in [5, 5.41) is 3.05. The lowest BCUT2D eigenvalue weighted by molar-refractivity contribution is -0.137. The molecule has 0 aliphatic carbocycles. The Kier molecular flexibility index (Phi) is 12.0. The Hall–Kier alpha value is -1.36. The highest BCUT2D eigenvalue weighted by molar-refractivity contribution is 5.24. The van der Waals surface area contributed by atoms with Gasteiger partial charge in [0.05, 0.1) is 12.7 Å². The van der Waals surface area contributed by atoms with Crippen molar-refractivity contribution in [2.24, 2.45) is 5.92 Å². The molecule has 1 nitrogen and oxygen atoms in total. The molecule has 0 spiro atoms. The summed E-state index contributed by atoms with van der Waals surface area (Å²) in [6.07, 6.45) is -2.28. The normalized spacial score (nSPS) is 11.4. The fourth-order valence-electron chi connectivity index (χ4n) is 1.23. The summed E-state index contributed by atoms with van der Waals surface area (Å²) in [4.78, 5) is 0. The van der Waals surface area contributed by atoms with Crippen molar-refractivity contribution in [1.82, 2.24) is 5.32 Å². The second kappa shape index (κ2) is 11.5. The summed E-state index contributed by atoms with van der Waals surface area (Å²) in [5.41, 5.74) is 0.0392. The quantitative estimate of drug-likeness (QED) is 0.633. The summed E-state index contributed by atoms with van der Waals surface area (Å²) in [5.74, 6) is 0.602. The van der Waals surface area contributed by atoms with Gasteiger partial charge in [-0.05, 0) is 26.0 Å². The Bertz CT molecular complexity index is 361. The summed E-state index contributed by atoms with van der Waals surface area (Å²) in [6, 6.07) is 5.22. The maximum absolute atomic E-state index is 12.0. The minimum Gasteiger partial charge on any atom is -0.319 e. The molecule has 1 aromatic rings. The van der Waals surface area contributed by atoms with Crippen molar-refractivity contribution in [3.05, 3.63) is 48.0 Å². The molecule has 0 saturated heterocycles. The molecule has 0 radical (unpaired) electrons. The van der Waals surface area contributed by atoms with Crippen molar-refractivity contribution >= 4 is 0 Å². The van der Waals surface area contributed by atoms with Gasteiger partial charge in [-0.3, -0.25) is 4.39 Å². The van der Waals surface area contributed by atoms with E-state index in [0.717, 1.165) is 18.7 Å². The van der Waals surface area contributed by atoms with E-state index in [1.807, 2.05) is 13.1 Å². The molecular formula is C15H23F4N. The molecule has 20 heavy (non-hydrogen) atoms. The van der Waals surface area contributed by atoms with Crippen LogP contribution in [0.1, 0.15) is 18.1 Å². The van der Waals surface area contributed by atoms with E-state index in [1.165, 1.54) is 6.07 Å². The van der Waals surface area contributed by atoms with Crippen LogP contribution in [0.3, 0.4) is 0 Å². The highest BCUT2D eigenvalue weighted by Crippen LogP contribution is 2.29. The molecule has 1 N–H and O–H groups in total. The van der Waals surface area contributed by atoms with Crippen LogP contribution in [0.2, 0.25) is 0 Å². The first-order chi connectivity index (χ1) is 9.31. The van der Waals surface area contributed by atoms with Crippen LogP contribution in [0.5, 0.6) is 0 Å². The van der Waals surface area contributed by atoms with E-state index in [4.69, 9.17) is 0 Å². The van der Waals surface area contributed by atoms with Gasteiger partial charge < -0.3 is 5.32 Å². The SMILES string of the molecule is C=CC(C)CNC.CF.Cc1cccc(C(F)(F)F)c1. The first-order valence-corrected chi connectivity index (χ1v) is 6.10. The molecule has 0 saturated carbocycles. The zero-order chi connectivity index (χ0) is 16.2. The highest BCUT2D eigenvalue weighted by atomic mass is 19.4. The van der Waals surface area contributed by atoms with Crippen molar-refractivity contribution in [1.29, 1.82) is 0 Å². The average molecular weight is 293 g/mol. The molecule has 0 heterocycles. The first-order valence-electron chi connectivity index (χ1n) is 6.10. The van der Waals surface area contributed by atoms with Gasteiger partial charge in [0.1, 0.15) is 0 Å². The molecule has 0 aromatic heterocycles. The molecule has 1 rings (SSSR count). The van der Waals surface area contributed by atoms with Crippen LogP contribution in [0, 0.1) is 12.8 Å². The number of hydrogen-bond acceptors (Lipinski definition) is 1. The lowest BCUT2D eigenvalue weighted by Crippen LogP contribution is -2.13. The predicted molar refractivity (Wildman–Crippen MR) is 76.5 cm³/mol. The van der Waals surface area contributed by atoms with Crippen molar-refractivity contribution in [2.75, 3.05) is 20.8 Å². The Balaban J connectivity index is 0. The third-order valence-electron chi connectivity index (χ3n) is 2.27. The second-order valence-electron chi connectivity index (χ2n) is 4.14. The van der Waals surface area contributed by atoms with Crippen LogP contribution >= 0.6 is 0 Å². The van der Waals surface area contributed by atoms with E-state index < -0.39 is 11.7 Å². The van der Waals surface area contributed by atoms with E-state index in [0.29, 0.717) is 18.7 Å². The molecule has 1 unspecified atom stereocenters. The largest absolute Gasteiger partial charge is 0.416 e. The van der Waals surface area contributed by atoms with Crippen LogP contribution in [0.25, 0.3) is 0 Å².